The Hall–Kier alpha value is -2.10. The largest absolute Gasteiger partial charge is 0.293 e. The van der Waals surface area contributed by atoms with Crippen molar-refractivity contribution in [2.75, 3.05) is 6.54 Å². The molecule has 2 aliphatic heterocycles. The second kappa shape index (κ2) is 3.20. The standard InChI is InChI=1S/C12H8N2O2/c15-10-6-14-5-8-3-7-4-13-2-1-9(7)12(16)11(8)10/h1-5,9H,6H2. The van der Waals surface area contributed by atoms with Crippen molar-refractivity contribution in [3.8, 4) is 0 Å². The quantitative estimate of drug-likeness (QED) is 0.554. The van der Waals surface area contributed by atoms with Gasteiger partial charge in [0.15, 0.2) is 11.6 Å². The Bertz CT molecular complexity index is 547. The lowest BCUT2D eigenvalue weighted by Gasteiger charge is -2.23. The molecule has 0 saturated heterocycles. The van der Waals surface area contributed by atoms with Gasteiger partial charge in [-0.1, -0.05) is 6.08 Å². The molecule has 2 heterocycles. The molecule has 3 rings (SSSR count). The molecule has 0 aromatic heterocycles. The van der Waals surface area contributed by atoms with Crippen molar-refractivity contribution in [3.63, 3.8) is 0 Å². The van der Waals surface area contributed by atoms with Gasteiger partial charge in [-0.3, -0.25) is 19.6 Å². The SMILES string of the molecule is O=C1CN=CC2=C1C(=O)C1C=CN=CC1=C2. The first-order chi connectivity index (χ1) is 7.77. The molecule has 78 valence electrons. The fourth-order valence-electron chi connectivity index (χ4n) is 2.08. The summed E-state index contributed by atoms with van der Waals surface area (Å²) in [6.07, 6.45) is 8.36. The number of fused-ring (bicyclic) bond motifs is 1. The van der Waals surface area contributed by atoms with Crippen molar-refractivity contribution in [2.24, 2.45) is 15.9 Å². The smallest absolute Gasteiger partial charge is 0.188 e. The predicted octanol–water partition coefficient (Wildman–Crippen LogP) is 0.660. The number of hydrogen-bond acceptors (Lipinski definition) is 4. The summed E-state index contributed by atoms with van der Waals surface area (Å²) in [5.74, 6) is -0.661. The summed E-state index contributed by atoms with van der Waals surface area (Å²) in [7, 11) is 0. The zero-order valence-corrected chi connectivity index (χ0v) is 8.38. The Morgan fingerprint density at radius 1 is 1.25 bits per heavy atom. The highest BCUT2D eigenvalue weighted by Gasteiger charge is 2.34. The molecule has 3 aliphatic rings. The molecular formula is C12H8N2O2. The average Bonchev–Trinajstić information content (AvgIpc) is 2.29. The van der Waals surface area contributed by atoms with Crippen LogP contribution in [0, 0.1) is 5.92 Å². The number of Topliss-reactive ketones (excluding diaryl/α,β-unsaturated/α-hetero) is 2. The van der Waals surface area contributed by atoms with E-state index >= 15 is 0 Å². The molecule has 0 amide bonds. The van der Waals surface area contributed by atoms with E-state index in [2.05, 4.69) is 9.98 Å². The van der Waals surface area contributed by atoms with Gasteiger partial charge in [-0.2, -0.15) is 0 Å². The minimum absolute atomic E-state index is 0.0816. The lowest BCUT2D eigenvalue weighted by Crippen LogP contribution is -2.31. The van der Waals surface area contributed by atoms with Crippen molar-refractivity contribution in [1.82, 2.24) is 0 Å². The summed E-state index contributed by atoms with van der Waals surface area (Å²) in [4.78, 5) is 31.6. The number of aliphatic imine (C=N–C) groups is 2. The van der Waals surface area contributed by atoms with Crippen LogP contribution in [-0.2, 0) is 9.59 Å². The van der Waals surface area contributed by atoms with Crippen LogP contribution in [0.25, 0.3) is 0 Å². The minimum atomic E-state index is -0.341. The van der Waals surface area contributed by atoms with E-state index in [1.165, 1.54) is 0 Å². The molecule has 4 heteroatoms. The van der Waals surface area contributed by atoms with E-state index in [-0.39, 0.29) is 24.0 Å². The van der Waals surface area contributed by atoms with Gasteiger partial charge < -0.3 is 0 Å². The van der Waals surface area contributed by atoms with Crippen LogP contribution in [0.4, 0.5) is 0 Å². The Labute approximate surface area is 91.8 Å². The number of allylic oxidation sites excluding steroid dienone is 4. The average molecular weight is 212 g/mol. The maximum atomic E-state index is 12.1. The number of carbonyl (C=O) groups is 2. The maximum absolute atomic E-state index is 12.1. The molecule has 0 N–H and O–H groups in total. The van der Waals surface area contributed by atoms with E-state index in [1.807, 2.05) is 6.08 Å². The first-order valence-electron chi connectivity index (χ1n) is 5.00. The van der Waals surface area contributed by atoms with Gasteiger partial charge >= 0.3 is 0 Å². The molecule has 0 aromatic rings. The number of dihydropyridines is 1. The summed E-state index contributed by atoms with van der Waals surface area (Å²) < 4.78 is 0. The number of nitrogens with zero attached hydrogens (tertiary/aromatic N) is 2. The molecule has 0 radical (unpaired) electrons. The zero-order chi connectivity index (χ0) is 11.1. The van der Waals surface area contributed by atoms with Crippen LogP contribution in [0.1, 0.15) is 0 Å². The third-order valence-electron chi connectivity index (χ3n) is 2.83. The summed E-state index contributed by atoms with van der Waals surface area (Å²) in [6.45, 7) is 0.0816. The second-order valence-corrected chi connectivity index (χ2v) is 3.83. The Morgan fingerprint density at radius 2 is 2.12 bits per heavy atom. The highest BCUT2D eigenvalue weighted by Crippen LogP contribution is 2.29. The van der Waals surface area contributed by atoms with E-state index < -0.39 is 0 Å². The van der Waals surface area contributed by atoms with Gasteiger partial charge in [-0.25, -0.2) is 0 Å². The fourth-order valence-corrected chi connectivity index (χ4v) is 2.08. The van der Waals surface area contributed by atoms with Gasteiger partial charge in [0.25, 0.3) is 0 Å². The predicted molar refractivity (Wildman–Crippen MR) is 59.6 cm³/mol. The van der Waals surface area contributed by atoms with Gasteiger partial charge in [0, 0.05) is 24.2 Å². The molecule has 1 aliphatic carbocycles. The van der Waals surface area contributed by atoms with Crippen LogP contribution in [0.2, 0.25) is 0 Å². The lowest BCUT2D eigenvalue weighted by molar-refractivity contribution is -0.121. The zero-order valence-electron chi connectivity index (χ0n) is 8.38. The summed E-state index contributed by atoms with van der Waals surface area (Å²) in [6, 6.07) is 0. The monoisotopic (exact) mass is 212 g/mol. The van der Waals surface area contributed by atoms with E-state index in [9.17, 15) is 9.59 Å². The molecule has 1 unspecified atom stereocenters. The van der Waals surface area contributed by atoms with Crippen molar-refractivity contribution < 1.29 is 9.59 Å². The number of rotatable bonds is 0. The Balaban J connectivity index is 2.18. The van der Waals surface area contributed by atoms with Gasteiger partial charge in [0.05, 0.1) is 11.5 Å². The van der Waals surface area contributed by atoms with E-state index in [0.717, 1.165) is 5.57 Å². The van der Waals surface area contributed by atoms with Crippen molar-refractivity contribution in [1.29, 1.82) is 0 Å². The Kier molecular flexibility index (Phi) is 1.83. The van der Waals surface area contributed by atoms with Crippen LogP contribution >= 0.6 is 0 Å². The second-order valence-electron chi connectivity index (χ2n) is 3.83. The van der Waals surface area contributed by atoms with Crippen molar-refractivity contribution >= 4 is 24.0 Å². The number of carbonyl (C=O) groups excluding carboxylic acids is 2. The molecule has 0 fully saturated rings. The van der Waals surface area contributed by atoms with Crippen LogP contribution in [0.5, 0.6) is 0 Å². The van der Waals surface area contributed by atoms with Crippen molar-refractivity contribution in [2.45, 2.75) is 0 Å². The highest BCUT2D eigenvalue weighted by atomic mass is 16.2. The van der Waals surface area contributed by atoms with Crippen LogP contribution in [0.15, 0.2) is 45.1 Å². The summed E-state index contributed by atoms with van der Waals surface area (Å²) in [5, 5.41) is 0. The maximum Gasteiger partial charge on any atom is 0.188 e. The van der Waals surface area contributed by atoms with Gasteiger partial charge in [-0.15, -0.1) is 0 Å². The molecule has 4 nitrogen and oxygen atoms in total. The van der Waals surface area contributed by atoms with E-state index in [4.69, 9.17) is 0 Å². The third-order valence-corrected chi connectivity index (χ3v) is 2.83. The third kappa shape index (κ3) is 1.16. The topological polar surface area (TPSA) is 58.9 Å². The number of hydrogen-bond donors (Lipinski definition) is 0. The Morgan fingerprint density at radius 3 is 3.00 bits per heavy atom. The number of ketones is 2. The highest BCUT2D eigenvalue weighted by molar-refractivity contribution is 6.29. The molecule has 1 atom stereocenters. The fraction of sp³-hybridized carbons (Fsp3) is 0.167. The van der Waals surface area contributed by atoms with Crippen molar-refractivity contribution in [3.05, 3.63) is 35.1 Å². The molecule has 0 spiro atoms. The van der Waals surface area contributed by atoms with Gasteiger partial charge in [0.2, 0.25) is 0 Å². The lowest BCUT2D eigenvalue weighted by atomic mass is 9.80. The minimum Gasteiger partial charge on any atom is -0.293 e. The first kappa shape index (κ1) is 9.15. The van der Waals surface area contributed by atoms with Crippen LogP contribution in [0.3, 0.4) is 0 Å². The molecule has 0 saturated carbocycles. The molecule has 0 aromatic carbocycles. The molecule has 0 bridgehead atoms. The van der Waals surface area contributed by atoms with Crippen LogP contribution < -0.4 is 0 Å². The van der Waals surface area contributed by atoms with E-state index in [0.29, 0.717) is 11.1 Å². The summed E-state index contributed by atoms with van der Waals surface area (Å²) >= 11 is 0. The summed E-state index contributed by atoms with van der Waals surface area (Å²) in [5.41, 5.74) is 1.74. The van der Waals surface area contributed by atoms with Gasteiger partial charge in [-0.05, 0) is 11.6 Å². The molecule has 16 heavy (non-hydrogen) atoms. The van der Waals surface area contributed by atoms with E-state index in [1.54, 1.807) is 24.7 Å². The normalized spacial score (nSPS) is 26.8. The van der Waals surface area contributed by atoms with Gasteiger partial charge in [0.1, 0.15) is 6.54 Å². The molecular weight excluding hydrogens is 204 g/mol. The van der Waals surface area contributed by atoms with Crippen LogP contribution in [-0.4, -0.2) is 30.5 Å². The first-order valence-corrected chi connectivity index (χ1v) is 5.00.